The molecule has 3 rings (SSSR count). The van der Waals surface area contributed by atoms with Crippen molar-refractivity contribution in [1.82, 2.24) is 15.5 Å². The SMILES string of the molecule is CC(C)C1(c2nc(C3CCOCC3)no2)CCNC1. The Hall–Kier alpha value is -0.940. The summed E-state index contributed by atoms with van der Waals surface area (Å²) < 4.78 is 11.0. The molecule has 0 aromatic carbocycles. The van der Waals surface area contributed by atoms with Crippen LogP contribution in [0.1, 0.15) is 50.7 Å². The predicted octanol–water partition coefficient (Wildman–Crippen LogP) is 1.85. The third kappa shape index (κ3) is 2.30. The third-order valence-corrected chi connectivity index (χ3v) is 4.75. The van der Waals surface area contributed by atoms with Crippen molar-refractivity contribution in [2.45, 2.75) is 44.4 Å². The summed E-state index contributed by atoms with van der Waals surface area (Å²) in [5.74, 6) is 2.62. The van der Waals surface area contributed by atoms with Crippen molar-refractivity contribution in [3.8, 4) is 0 Å². The van der Waals surface area contributed by atoms with E-state index in [-0.39, 0.29) is 5.41 Å². The van der Waals surface area contributed by atoms with Crippen LogP contribution in [0, 0.1) is 5.92 Å². The Balaban J connectivity index is 1.83. The van der Waals surface area contributed by atoms with E-state index in [0.717, 1.165) is 57.3 Å². The summed E-state index contributed by atoms with van der Waals surface area (Å²) in [6.07, 6.45) is 3.10. The summed E-state index contributed by atoms with van der Waals surface area (Å²) in [6, 6.07) is 0. The molecule has 5 nitrogen and oxygen atoms in total. The Morgan fingerprint density at radius 3 is 2.74 bits per heavy atom. The molecule has 2 aliphatic rings. The maximum Gasteiger partial charge on any atom is 0.234 e. The second kappa shape index (κ2) is 5.21. The van der Waals surface area contributed by atoms with E-state index in [1.807, 2.05) is 0 Å². The van der Waals surface area contributed by atoms with Crippen LogP contribution in [0.15, 0.2) is 4.52 Å². The molecule has 1 aromatic heterocycles. The molecule has 2 fully saturated rings. The van der Waals surface area contributed by atoms with Gasteiger partial charge in [0, 0.05) is 25.7 Å². The van der Waals surface area contributed by atoms with Crippen LogP contribution in [-0.2, 0) is 10.2 Å². The van der Waals surface area contributed by atoms with E-state index in [1.165, 1.54) is 0 Å². The van der Waals surface area contributed by atoms with Crippen LogP contribution < -0.4 is 5.32 Å². The zero-order chi connectivity index (χ0) is 13.3. The lowest BCUT2D eigenvalue weighted by Crippen LogP contribution is -2.35. The standard InChI is InChI=1S/C14H23N3O2/c1-10(2)14(5-6-15-9-14)13-16-12(17-19-13)11-3-7-18-8-4-11/h10-11,15H,3-9H2,1-2H3. The first-order valence-electron chi connectivity index (χ1n) is 7.35. The van der Waals surface area contributed by atoms with Crippen LogP contribution in [-0.4, -0.2) is 36.4 Å². The van der Waals surface area contributed by atoms with Crippen molar-refractivity contribution in [3.05, 3.63) is 11.7 Å². The van der Waals surface area contributed by atoms with Gasteiger partial charge >= 0.3 is 0 Å². The van der Waals surface area contributed by atoms with Crippen LogP contribution in [0.25, 0.3) is 0 Å². The van der Waals surface area contributed by atoms with Gasteiger partial charge in [0.25, 0.3) is 0 Å². The van der Waals surface area contributed by atoms with Crippen LogP contribution in [0.4, 0.5) is 0 Å². The molecule has 0 radical (unpaired) electrons. The quantitative estimate of drug-likeness (QED) is 0.903. The number of hydrogen-bond donors (Lipinski definition) is 1. The molecule has 0 saturated carbocycles. The molecular weight excluding hydrogens is 242 g/mol. The normalized spacial score (nSPS) is 29.2. The van der Waals surface area contributed by atoms with Crippen LogP contribution in [0.3, 0.4) is 0 Å². The molecule has 0 aliphatic carbocycles. The Morgan fingerprint density at radius 2 is 2.11 bits per heavy atom. The van der Waals surface area contributed by atoms with E-state index < -0.39 is 0 Å². The zero-order valence-electron chi connectivity index (χ0n) is 11.8. The van der Waals surface area contributed by atoms with E-state index in [0.29, 0.717) is 11.8 Å². The molecule has 106 valence electrons. The van der Waals surface area contributed by atoms with Crippen molar-refractivity contribution < 1.29 is 9.26 Å². The van der Waals surface area contributed by atoms with Gasteiger partial charge in [-0.1, -0.05) is 19.0 Å². The second-order valence-corrected chi connectivity index (χ2v) is 6.08. The molecule has 0 spiro atoms. The number of hydrogen-bond acceptors (Lipinski definition) is 5. The van der Waals surface area contributed by atoms with Gasteiger partial charge in [-0.3, -0.25) is 0 Å². The highest BCUT2D eigenvalue weighted by atomic mass is 16.5. The van der Waals surface area contributed by atoms with Gasteiger partial charge in [0.15, 0.2) is 5.82 Å². The molecule has 2 saturated heterocycles. The average molecular weight is 265 g/mol. The molecule has 0 amide bonds. The highest BCUT2D eigenvalue weighted by Gasteiger charge is 2.44. The highest BCUT2D eigenvalue weighted by Crippen LogP contribution is 2.38. The Morgan fingerprint density at radius 1 is 1.32 bits per heavy atom. The molecule has 2 aliphatic heterocycles. The number of nitrogens with zero attached hydrogens (tertiary/aromatic N) is 2. The van der Waals surface area contributed by atoms with Gasteiger partial charge in [-0.15, -0.1) is 0 Å². The van der Waals surface area contributed by atoms with Crippen molar-refractivity contribution in [1.29, 1.82) is 0 Å². The number of ether oxygens (including phenoxy) is 1. The summed E-state index contributed by atoms with van der Waals surface area (Å²) >= 11 is 0. The van der Waals surface area contributed by atoms with E-state index in [2.05, 4.69) is 24.3 Å². The molecule has 5 heteroatoms. The molecule has 19 heavy (non-hydrogen) atoms. The molecular formula is C14H23N3O2. The van der Waals surface area contributed by atoms with E-state index >= 15 is 0 Å². The first kappa shape index (κ1) is 13.1. The molecule has 1 aromatic rings. The van der Waals surface area contributed by atoms with Crippen molar-refractivity contribution in [2.24, 2.45) is 5.92 Å². The number of rotatable bonds is 3. The van der Waals surface area contributed by atoms with E-state index in [1.54, 1.807) is 0 Å². The monoisotopic (exact) mass is 265 g/mol. The summed E-state index contributed by atoms with van der Waals surface area (Å²) in [7, 11) is 0. The lowest BCUT2D eigenvalue weighted by molar-refractivity contribution is 0.0830. The second-order valence-electron chi connectivity index (χ2n) is 6.08. The zero-order valence-corrected chi connectivity index (χ0v) is 11.8. The maximum atomic E-state index is 5.62. The van der Waals surface area contributed by atoms with Crippen LogP contribution in [0.2, 0.25) is 0 Å². The minimum absolute atomic E-state index is 0.0242. The summed E-state index contributed by atoms with van der Waals surface area (Å²) in [5, 5.41) is 7.68. The van der Waals surface area contributed by atoms with Crippen molar-refractivity contribution >= 4 is 0 Å². The predicted molar refractivity (Wildman–Crippen MR) is 71.1 cm³/mol. The molecule has 0 bridgehead atoms. The smallest absolute Gasteiger partial charge is 0.234 e. The minimum atomic E-state index is 0.0242. The minimum Gasteiger partial charge on any atom is -0.381 e. The fraction of sp³-hybridized carbons (Fsp3) is 0.857. The Labute approximate surface area is 114 Å². The van der Waals surface area contributed by atoms with E-state index in [9.17, 15) is 0 Å². The van der Waals surface area contributed by atoms with Gasteiger partial charge in [-0.25, -0.2) is 0 Å². The van der Waals surface area contributed by atoms with Gasteiger partial charge in [-0.05, 0) is 31.7 Å². The summed E-state index contributed by atoms with van der Waals surface area (Å²) in [6.45, 7) is 8.08. The number of aromatic nitrogens is 2. The highest BCUT2D eigenvalue weighted by molar-refractivity contribution is 5.13. The average Bonchev–Trinajstić information content (AvgIpc) is 3.09. The summed E-state index contributed by atoms with van der Waals surface area (Å²) in [5.41, 5.74) is 0.0242. The van der Waals surface area contributed by atoms with Gasteiger partial charge in [0.05, 0.1) is 5.41 Å². The molecule has 3 heterocycles. The van der Waals surface area contributed by atoms with Gasteiger partial charge in [0.1, 0.15) is 0 Å². The fourth-order valence-electron chi connectivity index (χ4n) is 3.19. The largest absolute Gasteiger partial charge is 0.381 e. The Kier molecular flexibility index (Phi) is 3.58. The molecule has 1 unspecified atom stereocenters. The van der Waals surface area contributed by atoms with Gasteiger partial charge in [0.2, 0.25) is 5.89 Å². The Bertz CT molecular complexity index is 418. The molecule has 1 atom stereocenters. The first-order valence-corrected chi connectivity index (χ1v) is 7.35. The van der Waals surface area contributed by atoms with E-state index in [4.69, 9.17) is 14.2 Å². The maximum absolute atomic E-state index is 5.62. The van der Waals surface area contributed by atoms with Crippen molar-refractivity contribution in [2.75, 3.05) is 26.3 Å². The lowest BCUT2D eigenvalue weighted by Gasteiger charge is -2.28. The van der Waals surface area contributed by atoms with Crippen LogP contribution >= 0.6 is 0 Å². The first-order chi connectivity index (χ1) is 9.22. The van der Waals surface area contributed by atoms with Crippen LogP contribution in [0.5, 0.6) is 0 Å². The summed E-state index contributed by atoms with van der Waals surface area (Å²) in [4.78, 5) is 4.74. The topological polar surface area (TPSA) is 60.2 Å². The third-order valence-electron chi connectivity index (χ3n) is 4.75. The fourth-order valence-corrected chi connectivity index (χ4v) is 3.19. The van der Waals surface area contributed by atoms with Gasteiger partial charge in [-0.2, -0.15) is 4.98 Å². The number of nitrogens with one attached hydrogen (secondary N) is 1. The lowest BCUT2D eigenvalue weighted by atomic mass is 9.76. The molecule has 1 N–H and O–H groups in total. The van der Waals surface area contributed by atoms with Gasteiger partial charge < -0.3 is 14.6 Å². The van der Waals surface area contributed by atoms with Crippen molar-refractivity contribution in [3.63, 3.8) is 0 Å².